The molecular formula is C17H31N. The van der Waals surface area contributed by atoms with E-state index in [0.717, 1.165) is 5.92 Å². The zero-order valence-electron chi connectivity index (χ0n) is 12.7. The van der Waals surface area contributed by atoms with Crippen molar-refractivity contribution in [3.05, 3.63) is 35.9 Å². The summed E-state index contributed by atoms with van der Waals surface area (Å²) in [5.74, 6) is 0.867. The summed E-state index contributed by atoms with van der Waals surface area (Å²) in [5, 5.41) is 0. The van der Waals surface area contributed by atoms with Gasteiger partial charge in [-0.05, 0) is 30.4 Å². The van der Waals surface area contributed by atoms with E-state index in [1.54, 1.807) is 0 Å². The van der Waals surface area contributed by atoms with Crippen LogP contribution < -0.4 is 5.73 Å². The molecule has 0 aromatic heterocycles. The molecule has 0 atom stereocenters. The van der Waals surface area contributed by atoms with Crippen LogP contribution in [-0.2, 0) is 6.42 Å². The van der Waals surface area contributed by atoms with Crippen molar-refractivity contribution in [3.8, 4) is 0 Å². The van der Waals surface area contributed by atoms with Crippen molar-refractivity contribution in [2.75, 3.05) is 0 Å². The van der Waals surface area contributed by atoms with Crippen LogP contribution in [-0.4, -0.2) is 6.04 Å². The van der Waals surface area contributed by atoms with Gasteiger partial charge >= 0.3 is 0 Å². The second-order valence-corrected chi connectivity index (χ2v) is 5.72. The summed E-state index contributed by atoms with van der Waals surface area (Å²) in [5.41, 5.74) is 6.59. The van der Waals surface area contributed by atoms with Crippen molar-refractivity contribution in [2.45, 2.75) is 65.8 Å². The Morgan fingerprint density at radius 2 is 1.44 bits per heavy atom. The van der Waals surface area contributed by atoms with E-state index >= 15 is 0 Å². The zero-order valence-corrected chi connectivity index (χ0v) is 12.7. The Labute approximate surface area is 114 Å². The number of unbranched alkanes of at least 4 members (excludes halogenated alkanes) is 2. The highest BCUT2D eigenvalue weighted by molar-refractivity contribution is 5.14. The fourth-order valence-electron chi connectivity index (χ4n) is 1.70. The Balaban J connectivity index is 0.000000631. The van der Waals surface area contributed by atoms with E-state index < -0.39 is 0 Å². The van der Waals surface area contributed by atoms with E-state index in [0.29, 0.717) is 6.04 Å². The van der Waals surface area contributed by atoms with Crippen LogP contribution in [0.2, 0.25) is 0 Å². The predicted octanol–water partition coefficient (Wildman–Crippen LogP) is 4.80. The lowest BCUT2D eigenvalue weighted by molar-refractivity contribution is 0.527. The van der Waals surface area contributed by atoms with Gasteiger partial charge in [-0.1, -0.05) is 77.3 Å². The molecule has 0 bridgehead atoms. The molecule has 0 unspecified atom stereocenters. The molecule has 0 heterocycles. The number of aryl methyl sites for hydroxylation is 1. The third-order valence-corrected chi connectivity index (χ3v) is 2.59. The molecule has 1 nitrogen and oxygen atoms in total. The van der Waals surface area contributed by atoms with Gasteiger partial charge in [-0.3, -0.25) is 0 Å². The standard InChI is InChI=1S/C14H22.C3H9N/c1-13(2)9-5-3-6-10-14-11-7-4-8-12-14;1-3(2)4/h4,7-8,11-13H,3,5-6,9-10H2,1-2H3;3H,4H2,1-2H3. The van der Waals surface area contributed by atoms with Crippen molar-refractivity contribution in [1.82, 2.24) is 0 Å². The second-order valence-electron chi connectivity index (χ2n) is 5.72. The van der Waals surface area contributed by atoms with Gasteiger partial charge in [0.15, 0.2) is 0 Å². The van der Waals surface area contributed by atoms with Crippen molar-refractivity contribution in [1.29, 1.82) is 0 Å². The highest BCUT2D eigenvalue weighted by Gasteiger charge is 1.95. The van der Waals surface area contributed by atoms with E-state index in [4.69, 9.17) is 5.73 Å². The average Bonchev–Trinajstić information content (AvgIpc) is 2.29. The van der Waals surface area contributed by atoms with Crippen LogP contribution in [0.3, 0.4) is 0 Å². The number of rotatable bonds is 6. The fraction of sp³-hybridized carbons (Fsp3) is 0.647. The molecule has 1 aromatic carbocycles. The number of hydrogen-bond acceptors (Lipinski definition) is 1. The second kappa shape index (κ2) is 11.3. The maximum Gasteiger partial charge on any atom is -0.00179 e. The minimum atomic E-state index is 0.333. The maximum absolute atomic E-state index is 5.11. The first-order chi connectivity index (χ1) is 8.52. The first-order valence-electron chi connectivity index (χ1n) is 7.32. The van der Waals surface area contributed by atoms with Crippen molar-refractivity contribution >= 4 is 0 Å². The first kappa shape index (κ1) is 17.2. The molecule has 0 amide bonds. The fourth-order valence-corrected chi connectivity index (χ4v) is 1.70. The van der Waals surface area contributed by atoms with Crippen molar-refractivity contribution < 1.29 is 0 Å². The van der Waals surface area contributed by atoms with Crippen LogP contribution in [0.5, 0.6) is 0 Å². The highest BCUT2D eigenvalue weighted by Crippen LogP contribution is 2.10. The van der Waals surface area contributed by atoms with Gasteiger partial charge in [-0.2, -0.15) is 0 Å². The number of benzene rings is 1. The van der Waals surface area contributed by atoms with Gasteiger partial charge in [0, 0.05) is 0 Å². The highest BCUT2D eigenvalue weighted by atomic mass is 14.6. The zero-order chi connectivity index (χ0) is 13.8. The van der Waals surface area contributed by atoms with Gasteiger partial charge in [0.05, 0.1) is 0 Å². The van der Waals surface area contributed by atoms with Gasteiger partial charge in [0.25, 0.3) is 0 Å². The largest absolute Gasteiger partial charge is 0.328 e. The molecule has 0 saturated carbocycles. The summed E-state index contributed by atoms with van der Waals surface area (Å²) in [7, 11) is 0. The topological polar surface area (TPSA) is 26.0 Å². The quantitative estimate of drug-likeness (QED) is 0.720. The summed E-state index contributed by atoms with van der Waals surface area (Å²) in [6.07, 6.45) is 6.75. The van der Waals surface area contributed by atoms with Gasteiger partial charge in [0.2, 0.25) is 0 Å². The van der Waals surface area contributed by atoms with Crippen molar-refractivity contribution in [2.24, 2.45) is 11.7 Å². The van der Waals surface area contributed by atoms with E-state index in [2.05, 4.69) is 44.2 Å². The average molecular weight is 249 g/mol. The molecule has 0 saturated heterocycles. The Hall–Kier alpha value is -0.820. The molecule has 2 N–H and O–H groups in total. The first-order valence-corrected chi connectivity index (χ1v) is 7.32. The van der Waals surface area contributed by atoms with E-state index in [9.17, 15) is 0 Å². The Morgan fingerprint density at radius 1 is 0.889 bits per heavy atom. The molecule has 0 aliphatic rings. The summed E-state index contributed by atoms with van der Waals surface area (Å²) in [6, 6.07) is 11.1. The normalized spacial score (nSPS) is 10.4. The molecule has 1 rings (SSSR count). The third kappa shape index (κ3) is 13.2. The Kier molecular flexibility index (Phi) is 10.8. The SMILES string of the molecule is CC(C)CCCCCc1ccccc1.CC(C)N. The maximum atomic E-state index is 5.11. The Morgan fingerprint density at radius 3 is 1.94 bits per heavy atom. The summed E-state index contributed by atoms with van der Waals surface area (Å²) in [6.45, 7) is 8.49. The predicted molar refractivity (Wildman–Crippen MR) is 82.8 cm³/mol. The Bertz CT molecular complexity index is 261. The van der Waals surface area contributed by atoms with Crippen LogP contribution in [0, 0.1) is 5.92 Å². The van der Waals surface area contributed by atoms with Crippen molar-refractivity contribution in [3.63, 3.8) is 0 Å². The molecule has 18 heavy (non-hydrogen) atoms. The molecule has 0 radical (unpaired) electrons. The van der Waals surface area contributed by atoms with Gasteiger partial charge in [0.1, 0.15) is 0 Å². The minimum Gasteiger partial charge on any atom is -0.328 e. The minimum absolute atomic E-state index is 0.333. The monoisotopic (exact) mass is 249 g/mol. The molecule has 1 heteroatoms. The summed E-state index contributed by atoms with van der Waals surface area (Å²) >= 11 is 0. The third-order valence-electron chi connectivity index (χ3n) is 2.59. The smallest absolute Gasteiger partial charge is 0.00179 e. The molecule has 0 spiro atoms. The van der Waals surface area contributed by atoms with E-state index in [1.165, 1.54) is 37.7 Å². The molecule has 104 valence electrons. The van der Waals surface area contributed by atoms with Crippen LogP contribution >= 0.6 is 0 Å². The van der Waals surface area contributed by atoms with Gasteiger partial charge in [-0.15, -0.1) is 0 Å². The van der Waals surface area contributed by atoms with Gasteiger partial charge < -0.3 is 5.73 Å². The molecule has 0 aliphatic carbocycles. The van der Waals surface area contributed by atoms with Crippen LogP contribution in [0.1, 0.15) is 58.9 Å². The molecule has 1 aromatic rings. The molecule has 0 aliphatic heterocycles. The molecule has 0 fully saturated rings. The van der Waals surface area contributed by atoms with Crippen LogP contribution in [0.4, 0.5) is 0 Å². The number of hydrogen-bond donors (Lipinski definition) is 1. The summed E-state index contributed by atoms with van der Waals surface area (Å²) in [4.78, 5) is 0. The van der Waals surface area contributed by atoms with Crippen LogP contribution in [0.15, 0.2) is 30.3 Å². The lowest BCUT2D eigenvalue weighted by Gasteiger charge is -2.04. The number of nitrogens with two attached hydrogens (primary N) is 1. The van der Waals surface area contributed by atoms with E-state index in [1.807, 2.05) is 13.8 Å². The lowest BCUT2D eigenvalue weighted by Crippen LogP contribution is -2.06. The lowest BCUT2D eigenvalue weighted by atomic mass is 10.0. The van der Waals surface area contributed by atoms with E-state index in [-0.39, 0.29) is 0 Å². The summed E-state index contributed by atoms with van der Waals surface area (Å²) < 4.78 is 0. The van der Waals surface area contributed by atoms with Crippen LogP contribution in [0.25, 0.3) is 0 Å². The van der Waals surface area contributed by atoms with Gasteiger partial charge in [-0.25, -0.2) is 0 Å². The molecular weight excluding hydrogens is 218 g/mol.